The molecule has 3 atom stereocenters. The first kappa shape index (κ1) is 16.0. The van der Waals surface area contributed by atoms with Gasteiger partial charge >= 0.3 is 0 Å². The highest BCUT2D eigenvalue weighted by Gasteiger charge is 2.44. The quantitative estimate of drug-likeness (QED) is 0.774. The predicted octanol–water partition coefficient (Wildman–Crippen LogP) is 3.27. The molecule has 0 N–H and O–H groups in total. The van der Waals surface area contributed by atoms with E-state index >= 15 is 0 Å². The van der Waals surface area contributed by atoms with Gasteiger partial charge in [0.05, 0.1) is 18.8 Å². The number of nitrogens with zero attached hydrogens (tertiary/aromatic N) is 1. The maximum absolute atomic E-state index is 13.2. The molecule has 1 heterocycles. The van der Waals surface area contributed by atoms with E-state index < -0.39 is 0 Å². The minimum atomic E-state index is -0.279. The van der Waals surface area contributed by atoms with Crippen LogP contribution < -0.4 is 0 Å². The Kier molecular flexibility index (Phi) is 5.62. The Morgan fingerprint density at radius 3 is 2.45 bits per heavy atom. The van der Waals surface area contributed by atoms with E-state index in [2.05, 4.69) is 25.7 Å². The van der Waals surface area contributed by atoms with Gasteiger partial charge < -0.3 is 4.74 Å². The van der Waals surface area contributed by atoms with Crippen molar-refractivity contribution in [2.75, 3.05) is 26.3 Å². The maximum Gasteiger partial charge on any atom is 0.156 e. The van der Waals surface area contributed by atoms with E-state index in [4.69, 9.17) is 4.74 Å². The van der Waals surface area contributed by atoms with Crippen LogP contribution in [0.4, 0.5) is 0 Å². The molecule has 0 amide bonds. The van der Waals surface area contributed by atoms with E-state index in [0.717, 1.165) is 45.6 Å². The lowest BCUT2D eigenvalue weighted by molar-refractivity contribution is -0.141. The van der Waals surface area contributed by atoms with E-state index in [1.54, 1.807) is 0 Å². The normalized spacial score (nSPS) is 31.8. The number of carbonyl (C=O) groups is 1. The molecule has 116 valence electrons. The Morgan fingerprint density at radius 2 is 1.85 bits per heavy atom. The van der Waals surface area contributed by atoms with Crippen molar-refractivity contribution in [3.05, 3.63) is 0 Å². The molecule has 0 bridgehead atoms. The molecule has 0 radical (unpaired) electrons. The molecular weight excluding hydrogens is 250 g/mol. The summed E-state index contributed by atoms with van der Waals surface area (Å²) in [5, 5.41) is 0. The van der Waals surface area contributed by atoms with E-state index in [1.165, 1.54) is 19.3 Å². The number of ketones is 1. The predicted molar refractivity (Wildman–Crippen MR) is 81.8 cm³/mol. The summed E-state index contributed by atoms with van der Waals surface area (Å²) in [6, 6.07) is 0. The van der Waals surface area contributed by atoms with Crippen molar-refractivity contribution < 1.29 is 9.53 Å². The standard InChI is InChI=1S/C17H31NO2/c1-4-14-8-6-7-9-15(14)16(19)17(3,5-2)18-10-12-20-13-11-18/h14-15H,4-13H2,1-3H3. The molecular formula is C17H31NO2. The van der Waals surface area contributed by atoms with Crippen molar-refractivity contribution in [3.63, 3.8) is 0 Å². The summed E-state index contributed by atoms with van der Waals surface area (Å²) >= 11 is 0. The fraction of sp³-hybridized carbons (Fsp3) is 0.941. The summed E-state index contributed by atoms with van der Waals surface area (Å²) in [6.45, 7) is 9.92. The van der Waals surface area contributed by atoms with Crippen LogP contribution in [0.2, 0.25) is 0 Å². The van der Waals surface area contributed by atoms with E-state index in [0.29, 0.717) is 17.6 Å². The fourth-order valence-electron chi connectivity index (χ4n) is 4.05. The van der Waals surface area contributed by atoms with Gasteiger partial charge in [-0.3, -0.25) is 9.69 Å². The summed E-state index contributed by atoms with van der Waals surface area (Å²) < 4.78 is 5.45. The second kappa shape index (κ2) is 7.04. The highest BCUT2D eigenvalue weighted by Crippen LogP contribution is 2.37. The Bertz CT molecular complexity index is 325. The second-order valence-electron chi connectivity index (χ2n) is 6.65. The molecule has 0 aromatic heterocycles. The zero-order valence-electron chi connectivity index (χ0n) is 13.5. The number of hydrogen-bond acceptors (Lipinski definition) is 3. The number of carbonyl (C=O) groups excluding carboxylic acids is 1. The van der Waals surface area contributed by atoms with E-state index in [1.807, 2.05) is 0 Å². The molecule has 1 saturated heterocycles. The lowest BCUT2D eigenvalue weighted by Crippen LogP contribution is -2.58. The lowest BCUT2D eigenvalue weighted by atomic mass is 9.70. The van der Waals surface area contributed by atoms with Crippen molar-refractivity contribution in [2.24, 2.45) is 11.8 Å². The Morgan fingerprint density at radius 1 is 1.20 bits per heavy atom. The largest absolute Gasteiger partial charge is 0.379 e. The summed E-state index contributed by atoms with van der Waals surface area (Å²) in [5.74, 6) is 1.41. The summed E-state index contributed by atoms with van der Waals surface area (Å²) in [6.07, 6.45) is 6.96. The minimum Gasteiger partial charge on any atom is -0.379 e. The first-order chi connectivity index (χ1) is 9.63. The van der Waals surface area contributed by atoms with Gasteiger partial charge in [-0.2, -0.15) is 0 Å². The van der Waals surface area contributed by atoms with Gasteiger partial charge in [0.1, 0.15) is 0 Å². The van der Waals surface area contributed by atoms with Crippen LogP contribution in [0.1, 0.15) is 59.3 Å². The number of morpholine rings is 1. The monoisotopic (exact) mass is 281 g/mol. The van der Waals surface area contributed by atoms with Crippen molar-refractivity contribution in [1.29, 1.82) is 0 Å². The number of ether oxygens (including phenoxy) is 1. The molecule has 20 heavy (non-hydrogen) atoms. The third-order valence-corrected chi connectivity index (χ3v) is 5.70. The molecule has 0 aromatic rings. The van der Waals surface area contributed by atoms with Crippen LogP contribution in [0.15, 0.2) is 0 Å². The average Bonchev–Trinajstić information content (AvgIpc) is 2.54. The lowest BCUT2D eigenvalue weighted by Gasteiger charge is -2.45. The van der Waals surface area contributed by atoms with Gasteiger partial charge in [0, 0.05) is 19.0 Å². The summed E-state index contributed by atoms with van der Waals surface area (Å²) in [4.78, 5) is 15.6. The van der Waals surface area contributed by atoms with Crippen LogP contribution in [0.3, 0.4) is 0 Å². The molecule has 1 aliphatic carbocycles. The van der Waals surface area contributed by atoms with Gasteiger partial charge in [-0.1, -0.05) is 33.1 Å². The van der Waals surface area contributed by atoms with Crippen LogP contribution in [0.25, 0.3) is 0 Å². The molecule has 1 aliphatic heterocycles. The molecule has 2 fully saturated rings. The van der Waals surface area contributed by atoms with Crippen LogP contribution in [-0.2, 0) is 9.53 Å². The SMILES string of the molecule is CCC1CCCCC1C(=O)C(C)(CC)N1CCOCC1. The number of hydrogen-bond donors (Lipinski definition) is 0. The Labute approximate surface area is 124 Å². The zero-order valence-corrected chi connectivity index (χ0v) is 13.5. The number of Topliss-reactive ketones (excluding diaryl/α,β-unsaturated/α-hetero) is 1. The molecule has 2 aliphatic rings. The maximum atomic E-state index is 13.2. The van der Waals surface area contributed by atoms with Gasteiger partial charge in [0.15, 0.2) is 5.78 Å². The van der Waals surface area contributed by atoms with Gasteiger partial charge in [0.25, 0.3) is 0 Å². The van der Waals surface area contributed by atoms with E-state index in [-0.39, 0.29) is 5.54 Å². The van der Waals surface area contributed by atoms with Gasteiger partial charge in [-0.05, 0) is 32.1 Å². The Hall–Kier alpha value is -0.410. The highest BCUT2D eigenvalue weighted by atomic mass is 16.5. The molecule has 0 aromatic carbocycles. The van der Waals surface area contributed by atoms with Crippen LogP contribution in [0.5, 0.6) is 0 Å². The average molecular weight is 281 g/mol. The zero-order chi connectivity index (χ0) is 14.6. The smallest absolute Gasteiger partial charge is 0.156 e. The summed E-state index contributed by atoms with van der Waals surface area (Å²) in [7, 11) is 0. The fourth-order valence-corrected chi connectivity index (χ4v) is 4.05. The first-order valence-electron chi connectivity index (χ1n) is 8.50. The van der Waals surface area contributed by atoms with E-state index in [9.17, 15) is 4.79 Å². The van der Waals surface area contributed by atoms with Gasteiger partial charge in [-0.15, -0.1) is 0 Å². The third-order valence-electron chi connectivity index (χ3n) is 5.70. The Balaban J connectivity index is 2.13. The molecule has 3 nitrogen and oxygen atoms in total. The topological polar surface area (TPSA) is 29.5 Å². The van der Waals surface area contributed by atoms with Crippen molar-refractivity contribution in [3.8, 4) is 0 Å². The van der Waals surface area contributed by atoms with Crippen LogP contribution in [-0.4, -0.2) is 42.5 Å². The van der Waals surface area contributed by atoms with Crippen molar-refractivity contribution >= 4 is 5.78 Å². The first-order valence-corrected chi connectivity index (χ1v) is 8.50. The summed E-state index contributed by atoms with van der Waals surface area (Å²) in [5.41, 5.74) is -0.279. The second-order valence-corrected chi connectivity index (χ2v) is 6.65. The van der Waals surface area contributed by atoms with Crippen molar-refractivity contribution in [1.82, 2.24) is 4.90 Å². The minimum absolute atomic E-state index is 0.279. The molecule has 3 heteroatoms. The molecule has 3 unspecified atom stereocenters. The van der Waals surface area contributed by atoms with Crippen molar-refractivity contribution in [2.45, 2.75) is 64.8 Å². The van der Waals surface area contributed by atoms with Crippen LogP contribution >= 0.6 is 0 Å². The van der Waals surface area contributed by atoms with Crippen LogP contribution in [0, 0.1) is 11.8 Å². The number of rotatable bonds is 5. The highest BCUT2D eigenvalue weighted by molar-refractivity contribution is 5.90. The molecule has 1 saturated carbocycles. The molecule has 2 rings (SSSR count). The van der Waals surface area contributed by atoms with Gasteiger partial charge in [-0.25, -0.2) is 0 Å². The van der Waals surface area contributed by atoms with Gasteiger partial charge in [0.2, 0.25) is 0 Å². The molecule has 0 spiro atoms. The third kappa shape index (κ3) is 3.09.